The zero-order valence-electron chi connectivity index (χ0n) is 6.12. The van der Waals surface area contributed by atoms with Gasteiger partial charge in [0.2, 0.25) is 0 Å². The van der Waals surface area contributed by atoms with Crippen LogP contribution in [0.25, 0.3) is 0 Å². The van der Waals surface area contributed by atoms with E-state index in [4.69, 9.17) is 24.5 Å². The summed E-state index contributed by atoms with van der Waals surface area (Å²) in [5, 5.41) is 0. The molecule has 0 atom stereocenters. The van der Waals surface area contributed by atoms with E-state index in [-0.39, 0.29) is 56.9 Å². The van der Waals surface area contributed by atoms with Crippen molar-refractivity contribution in [3.63, 3.8) is 0 Å². The molecular formula is H8KO11P3. The number of phosphoric acid groups is 3. The fourth-order valence-electron chi connectivity index (χ4n) is 0.284. The molecule has 0 bridgehead atoms. The Morgan fingerprint density at radius 3 is 1.07 bits per heavy atom. The molecule has 15 heteroatoms. The monoisotopic (exact) mass is 316 g/mol. The van der Waals surface area contributed by atoms with E-state index in [9.17, 15) is 13.7 Å². The first-order chi connectivity index (χ1) is 5.41. The summed E-state index contributed by atoms with van der Waals surface area (Å²) in [5.74, 6) is 0. The number of rotatable bonds is 4. The molecule has 0 radical (unpaired) electrons. The molecule has 90 valence electrons. The SMILES string of the molecule is O.O=P(O)(O)OP(=O)(O)OP(=O)(O)O.[KH]. The molecule has 15 heavy (non-hydrogen) atoms. The standard InChI is InChI=1S/K.H5O10P3.H2O.H/c;1-11(2,3)9-13(7,8)10-12(4,5)6;;/h;(H,7,8)(H2,1,2,3)(H2,4,5,6);1H2;. The Kier molecular flexibility index (Phi) is 11.0. The molecule has 11 nitrogen and oxygen atoms in total. The zero-order chi connectivity index (χ0) is 10.9. The Balaban J connectivity index is -0.000000720. The van der Waals surface area contributed by atoms with Crippen molar-refractivity contribution in [1.29, 1.82) is 0 Å². The van der Waals surface area contributed by atoms with Crippen LogP contribution in [0.1, 0.15) is 0 Å². The summed E-state index contributed by atoms with van der Waals surface area (Å²) in [6.45, 7) is 0. The van der Waals surface area contributed by atoms with E-state index in [0.717, 1.165) is 0 Å². The molecule has 0 aliphatic carbocycles. The van der Waals surface area contributed by atoms with E-state index in [2.05, 4.69) is 8.62 Å². The van der Waals surface area contributed by atoms with Gasteiger partial charge in [-0.15, -0.1) is 0 Å². The molecule has 0 aromatic rings. The Bertz CT molecular complexity index is 278. The van der Waals surface area contributed by atoms with Crippen LogP contribution in [0.15, 0.2) is 0 Å². The first kappa shape index (κ1) is 22.2. The van der Waals surface area contributed by atoms with Gasteiger partial charge in [-0.25, -0.2) is 13.7 Å². The second-order valence-corrected chi connectivity index (χ2v) is 5.82. The quantitative estimate of drug-likeness (QED) is 0.280. The fourth-order valence-corrected chi connectivity index (χ4v) is 2.82. The average molecular weight is 316 g/mol. The van der Waals surface area contributed by atoms with Gasteiger partial charge in [-0.3, -0.25) is 0 Å². The predicted molar refractivity (Wildman–Crippen MR) is 46.8 cm³/mol. The minimum atomic E-state index is -5.46. The third-order valence-corrected chi connectivity index (χ3v) is 3.77. The Labute approximate surface area is 126 Å². The molecule has 0 saturated heterocycles. The van der Waals surface area contributed by atoms with Crippen molar-refractivity contribution in [2.24, 2.45) is 0 Å². The van der Waals surface area contributed by atoms with Crippen LogP contribution in [0.5, 0.6) is 0 Å². The molecule has 7 N–H and O–H groups in total. The van der Waals surface area contributed by atoms with Gasteiger partial charge in [0.1, 0.15) is 0 Å². The van der Waals surface area contributed by atoms with Crippen molar-refractivity contribution < 1.29 is 52.3 Å². The third-order valence-electron chi connectivity index (χ3n) is 0.419. The van der Waals surface area contributed by atoms with Gasteiger partial charge in [-0.05, 0) is 0 Å². The van der Waals surface area contributed by atoms with Crippen molar-refractivity contribution in [3.8, 4) is 0 Å². The average Bonchev–Trinajstić information content (AvgIpc) is 1.43. The minimum absolute atomic E-state index is 0. The Morgan fingerprint density at radius 1 is 0.733 bits per heavy atom. The van der Waals surface area contributed by atoms with E-state index in [1.165, 1.54) is 0 Å². The normalized spacial score (nSPS) is 12.6. The predicted octanol–water partition coefficient (Wildman–Crippen LogP) is -2.17. The Morgan fingerprint density at radius 2 is 0.933 bits per heavy atom. The number of hydrogen-bond acceptors (Lipinski definition) is 5. The summed E-state index contributed by atoms with van der Waals surface area (Å²) in [6, 6.07) is 0. The van der Waals surface area contributed by atoms with E-state index in [1.807, 2.05) is 0 Å². The van der Waals surface area contributed by atoms with Gasteiger partial charge in [0.05, 0.1) is 0 Å². The van der Waals surface area contributed by atoms with Crippen molar-refractivity contribution in [2.45, 2.75) is 0 Å². The van der Waals surface area contributed by atoms with Crippen LogP contribution in [-0.2, 0) is 22.3 Å². The van der Waals surface area contributed by atoms with Gasteiger partial charge >= 0.3 is 74.9 Å². The summed E-state index contributed by atoms with van der Waals surface area (Å²) >= 11 is 0. The first-order valence-corrected chi connectivity index (χ1v) is 6.83. The second-order valence-electron chi connectivity index (χ2n) is 1.61. The van der Waals surface area contributed by atoms with Crippen molar-refractivity contribution >= 4 is 74.9 Å². The van der Waals surface area contributed by atoms with Crippen LogP contribution in [-0.4, -0.2) is 81.3 Å². The van der Waals surface area contributed by atoms with Crippen LogP contribution < -0.4 is 0 Å². The molecule has 0 spiro atoms. The fraction of sp³-hybridized carbons (Fsp3) is 0. The van der Waals surface area contributed by atoms with E-state index >= 15 is 0 Å². The topological polar surface area (TPSA) is 202 Å². The number of hydrogen-bond donors (Lipinski definition) is 5. The molecule has 0 aliphatic rings. The zero-order valence-corrected chi connectivity index (χ0v) is 8.80. The van der Waals surface area contributed by atoms with Crippen molar-refractivity contribution in [1.82, 2.24) is 0 Å². The van der Waals surface area contributed by atoms with Crippen LogP contribution in [0.4, 0.5) is 0 Å². The van der Waals surface area contributed by atoms with Crippen LogP contribution in [0.2, 0.25) is 0 Å². The second kappa shape index (κ2) is 7.44. The Hall–Kier alpha value is 2.01. The van der Waals surface area contributed by atoms with Gasteiger partial charge in [0.15, 0.2) is 0 Å². The summed E-state index contributed by atoms with van der Waals surface area (Å²) < 4.78 is 36.4. The van der Waals surface area contributed by atoms with E-state index < -0.39 is 23.5 Å². The molecule has 0 saturated carbocycles. The van der Waals surface area contributed by atoms with Gasteiger partial charge in [-0.1, -0.05) is 0 Å². The van der Waals surface area contributed by atoms with Crippen molar-refractivity contribution in [2.75, 3.05) is 0 Å². The molecule has 0 amide bonds. The summed E-state index contributed by atoms with van der Waals surface area (Å²) in [4.78, 5) is 40.2. The van der Waals surface area contributed by atoms with Gasteiger partial charge < -0.3 is 29.9 Å². The van der Waals surface area contributed by atoms with Gasteiger partial charge in [-0.2, -0.15) is 8.62 Å². The van der Waals surface area contributed by atoms with Gasteiger partial charge in [0.25, 0.3) is 0 Å². The van der Waals surface area contributed by atoms with Crippen LogP contribution in [0, 0.1) is 0 Å². The molecule has 0 aromatic carbocycles. The maximum atomic E-state index is 10.4. The van der Waals surface area contributed by atoms with Gasteiger partial charge in [0, 0.05) is 0 Å². The first-order valence-electron chi connectivity index (χ1n) is 2.28. The third kappa shape index (κ3) is 16.0. The molecule has 0 aromatic heterocycles. The molecular weight excluding hydrogens is 308 g/mol. The van der Waals surface area contributed by atoms with Crippen molar-refractivity contribution in [3.05, 3.63) is 0 Å². The van der Waals surface area contributed by atoms with E-state index in [0.29, 0.717) is 0 Å². The van der Waals surface area contributed by atoms with E-state index in [1.54, 1.807) is 0 Å². The molecule has 0 aliphatic heterocycles. The molecule has 0 heterocycles. The molecule has 0 rings (SSSR count). The summed E-state index contributed by atoms with van der Waals surface area (Å²) in [7, 11) is -16.2. The molecule has 0 fully saturated rings. The van der Waals surface area contributed by atoms with Crippen LogP contribution in [0.3, 0.4) is 0 Å². The maximum absolute atomic E-state index is 10.4. The van der Waals surface area contributed by atoms with Crippen LogP contribution >= 0.6 is 23.5 Å². The summed E-state index contributed by atoms with van der Waals surface area (Å²) in [6.07, 6.45) is 0. The molecule has 0 unspecified atom stereocenters. The summed E-state index contributed by atoms with van der Waals surface area (Å²) in [5.41, 5.74) is 0.